The number of aromatic nitrogens is 6. The van der Waals surface area contributed by atoms with Gasteiger partial charge in [-0.15, -0.1) is 22.7 Å². The lowest BCUT2D eigenvalue weighted by molar-refractivity contribution is -0.0334. The minimum atomic E-state index is -0.414. The van der Waals surface area contributed by atoms with Crippen molar-refractivity contribution in [2.45, 2.75) is 13.8 Å². The Hall–Kier alpha value is -6.56. The standard InChI is InChI=1S/2C19H14N4O4S2.C4H8O2/c2*1-10-2-5-16(28-10)17-20-19(29-23-17)21-18(24)12-9-14(27-22-12)11-3-4-13-15(8-11)26-7-6-25-13;1-2-6-4-3-5-1/h2*2-5,8-9H,6-7H2,1H3,(H,20,21,23,24);1-4H2. The summed E-state index contributed by atoms with van der Waals surface area (Å²) < 4.78 is 51.3. The molecule has 1 saturated heterocycles. The number of anilines is 2. The van der Waals surface area contributed by atoms with Crippen molar-refractivity contribution in [3.8, 4) is 67.0 Å². The van der Waals surface area contributed by atoms with Crippen molar-refractivity contribution in [2.75, 3.05) is 63.5 Å². The minimum Gasteiger partial charge on any atom is -0.486 e. The molecule has 2 N–H and O–H groups in total. The fraction of sp³-hybridized carbons (Fsp3) is 0.238. The van der Waals surface area contributed by atoms with Crippen LogP contribution in [0, 0.1) is 13.8 Å². The topological polar surface area (TPSA) is 217 Å². The van der Waals surface area contributed by atoms with E-state index in [4.69, 9.17) is 37.5 Å². The van der Waals surface area contributed by atoms with Gasteiger partial charge in [-0.3, -0.25) is 20.2 Å². The molecule has 0 saturated carbocycles. The van der Waals surface area contributed by atoms with Gasteiger partial charge in [-0.2, -0.15) is 18.7 Å². The normalized spacial score (nSPS) is 13.8. The summed E-state index contributed by atoms with van der Waals surface area (Å²) in [6.45, 7) is 9.20. The van der Waals surface area contributed by atoms with E-state index in [0.717, 1.165) is 70.4 Å². The Balaban J connectivity index is 0.000000143. The van der Waals surface area contributed by atoms with Gasteiger partial charge in [0.2, 0.25) is 10.3 Å². The lowest BCUT2D eigenvalue weighted by Gasteiger charge is -2.18. The van der Waals surface area contributed by atoms with Crippen LogP contribution >= 0.6 is 45.7 Å². The summed E-state index contributed by atoms with van der Waals surface area (Å²) in [5.41, 5.74) is 1.79. The smallest absolute Gasteiger partial charge is 0.279 e. The molecule has 0 bridgehead atoms. The fourth-order valence-corrected chi connectivity index (χ4v) is 8.92. The Morgan fingerprint density at radius 1 is 0.516 bits per heavy atom. The predicted molar refractivity (Wildman–Crippen MR) is 239 cm³/mol. The first-order valence-electron chi connectivity index (χ1n) is 19.6. The van der Waals surface area contributed by atoms with Crippen LogP contribution in [0.25, 0.3) is 44.1 Å². The van der Waals surface area contributed by atoms with Crippen LogP contribution in [0.5, 0.6) is 23.0 Å². The molecule has 64 heavy (non-hydrogen) atoms. The van der Waals surface area contributed by atoms with E-state index >= 15 is 0 Å². The molecule has 0 spiro atoms. The third-order valence-electron chi connectivity index (χ3n) is 9.10. The Morgan fingerprint density at radius 3 is 1.33 bits per heavy atom. The lowest BCUT2D eigenvalue weighted by atomic mass is 10.1. The van der Waals surface area contributed by atoms with Crippen LogP contribution in [-0.4, -0.2) is 93.7 Å². The molecule has 9 heterocycles. The van der Waals surface area contributed by atoms with E-state index < -0.39 is 11.8 Å². The molecule has 2 aromatic carbocycles. The van der Waals surface area contributed by atoms with Crippen LogP contribution in [0.15, 0.2) is 81.8 Å². The number of benzene rings is 2. The van der Waals surface area contributed by atoms with Crippen molar-refractivity contribution in [2.24, 2.45) is 0 Å². The van der Waals surface area contributed by atoms with Crippen LogP contribution < -0.4 is 29.6 Å². The second-order valence-corrected chi connectivity index (χ2v) is 17.7. The molecule has 22 heteroatoms. The summed E-state index contributed by atoms with van der Waals surface area (Å²) >= 11 is 5.45. The van der Waals surface area contributed by atoms with Crippen molar-refractivity contribution in [1.29, 1.82) is 0 Å². The van der Waals surface area contributed by atoms with E-state index in [9.17, 15) is 9.59 Å². The fourth-order valence-electron chi connectivity index (χ4n) is 6.05. The summed E-state index contributed by atoms with van der Waals surface area (Å²) in [5.74, 6) is 3.93. The van der Waals surface area contributed by atoms with E-state index in [1.165, 1.54) is 9.75 Å². The number of carbonyl (C=O) groups excluding carboxylic acids is 2. The molecule has 0 radical (unpaired) electrons. The quantitative estimate of drug-likeness (QED) is 0.146. The first-order chi connectivity index (χ1) is 31.3. The number of nitrogens with zero attached hydrogens (tertiary/aromatic N) is 6. The number of hydrogen-bond donors (Lipinski definition) is 2. The summed E-state index contributed by atoms with van der Waals surface area (Å²) in [5, 5.41) is 14.0. The number of thiophene rings is 2. The van der Waals surface area contributed by atoms with Crippen molar-refractivity contribution in [3.05, 3.63) is 93.9 Å². The zero-order valence-electron chi connectivity index (χ0n) is 34.0. The van der Waals surface area contributed by atoms with Crippen LogP contribution in [-0.2, 0) is 9.47 Å². The number of hydrogen-bond acceptors (Lipinski definition) is 20. The molecule has 0 atom stereocenters. The Kier molecular flexibility index (Phi) is 13.3. The molecule has 3 aliphatic rings. The molecule has 18 nitrogen and oxygen atoms in total. The maximum Gasteiger partial charge on any atom is 0.279 e. The number of amides is 2. The summed E-state index contributed by atoms with van der Waals surface area (Å²) in [7, 11) is 0. The maximum absolute atomic E-state index is 12.5. The third-order valence-corrected chi connectivity index (χ3v) is 12.4. The molecule has 328 valence electrons. The van der Waals surface area contributed by atoms with E-state index in [1.54, 1.807) is 59.1 Å². The van der Waals surface area contributed by atoms with E-state index in [1.807, 2.05) is 50.2 Å². The van der Waals surface area contributed by atoms with Crippen LogP contribution in [0.3, 0.4) is 0 Å². The predicted octanol–water partition coefficient (Wildman–Crippen LogP) is 8.54. The minimum absolute atomic E-state index is 0.151. The number of ether oxygens (including phenoxy) is 6. The molecule has 6 aromatic heterocycles. The van der Waals surface area contributed by atoms with Gasteiger partial charge in [0.25, 0.3) is 11.8 Å². The molecule has 0 aliphatic carbocycles. The van der Waals surface area contributed by atoms with Crippen molar-refractivity contribution in [3.63, 3.8) is 0 Å². The summed E-state index contributed by atoms with van der Waals surface area (Å²) in [6.07, 6.45) is 0. The van der Waals surface area contributed by atoms with Gasteiger partial charge in [-0.05, 0) is 74.5 Å². The lowest BCUT2D eigenvalue weighted by Crippen LogP contribution is -2.16. The van der Waals surface area contributed by atoms with Gasteiger partial charge in [-0.1, -0.05) is 10.3 Å². The molecule has 1 fully saturated rings. The van der Waals surface area contributed by atoms with Gasteiger partial charge < -0.3 is 37.5 Å². The van der Waals surface area contributed by atoms with Crippen molar-refractivity contribution >= 4 is 67.8 Å². The van der Waals surface area contributed by atoms with Crippen LogP contribution in [0.4, 0.5) is 10.3 Å². The second kappa shape index (κ2) is 19.9. The molecule has 8 aromatic rings. The van der Waals surface area contributed by atoms with Gasteiger partial charge in [0.1, 0.15) is 26.4 Å². The third kappa shape index (κ3) is 10.4. The zero-order chi connectivity index (χ0) is 43.8. The van der Waals surface area contributed by atoms with E-state index in [0.29, 0.717) is 82.9 Å². The van der Waals surface area contributed by atoms with Crippen molar-refractivity contribution < 1.29 is 47.1 Å². The molecule has 0 unspecified atom stereocenters. The second-order valence-electron chi connectivity index (χ2n) is 13.7. The Labute approximate surface area is 380 Å². The number of nitrogens with one attached hydrogen (secondary N) is 2. The SMILES string of the molecule is C1COCCO1.Cc1ccc(-c2nsc(NC(=O)c3cc(-c4ccc5c(c4)OCCO5)on3)n2)s1.Cc1ccc(-c2nsc(NC(=O)c3cc(-c4ccc5c(c4)OCCO5)on3)n2)s1. The van der Waals surface area contributed by atoms with E-state index in [-0.39, 0.29) is 11.4 Å². The van der Waals surface area contributed by atoms with Gasteiger partial charge in [-0.25, -0.2) is 0 Å². The number of fused-ring (bicyclic) bond motifs is 2. The molecule has 11 rings (SSSR count). The molecule has 3 aliphatic heterocycles. The van der Waals surface area contributed by atoms with Gasteiger partial charge in [0, 0.05) is 56.1 Å². The van der Waals surface area contributed by atoms with Gasteiger partial charge in [0.15, 0.2) is 57.6 Å². The highest BCUT2D eigenvalue weighted by Gasteiger charge is 2.21. The number of aryl methyl sites for hydroxylation is 2. The highest BCUT2D eigenvalue weighted by Crippen LogP contribution is 2.37. The summed E-state index contributed by atoms with van der Waals surface area (Å²) in [6, 6.07) is 22.0. The van der Waals surface area contributed by atoms with Gasteiger partial charge >= 0.3 is 0 Å². The Morgan fingerprint density at radius 2 is 0.938 bits per heavy atom. The largest absolute Gasteiger partial charge is 0.486 e. The molecular weight excluding hydrogens is 905 g/mol. The molecule has 2 amide bonds. The Bertz CT molecular complexity index is 2680. The highest BCUT2D eigenvalue weighted by atomic mass is 32.1. The van der Waals surface area contributed by atoms with E-state index in [2.05, 4.69) is 39.7 Å². The first-order valence-corrected chi connectivity index (χ1v) is 22.8. The van der Waals surface area contributed by atoms with Gasteiger partial charge in [0.05, 0.1) is 36.2 Å². The maximum atomic E-state index is 12.5. The summed E-state index contributed by atoms with van der Waals surface area (Å²) in [4.78, 5) is 38.0. The number of rotatable bonds is 8. The number of carbonyl (C=O) groups is 2. The van der Waals surface area contributed by atoms with Crippen LogP contribution in [0.2, 0.25) is 0 Å². The average Bonchev–Trinajstić information content (AvgIpc) is 4.20. The average molecular weight is 941 g/mol. The highest BCUT2D eigenvalue weighted by molar-refractivity contribution is 7.16. The monoisotopic (exact) mass is 940 g/mol. The molecular formula is C42H36N8O10S4. The first kappa shape index (κ1) is 42.7. The van der Waals surface area contributed by atoms with Crippen molar-refractivity contribution in [1.82, 2.24) is 29.0 Å². The van der Waals surface area contributed by atoms with Crippen LogP contribution in [0.1, 0.15) is 30.7 Å². The zero-order valence-corrected chi connectivity index (χ0v) is 37.2.